The number of amides is 1. The van der Waals surface area contributed by atoms with Crippen molar-refractivity contribution in [1.82, 2.24) is 10.2 Å². The van der Waals surface area contributed by atoms with Crippen molar-refractivity contribution in [3.63, 3.8) is 0 Å². The molecule has 1 aliphatic heterocycles. The van der Waals surface area contributed by atoms with E-state index in [-0.39, 0.29) is 11.4 Å². The van der Waals surface area contributed by atoms with Crippen molar-refractivity contribution in [3.05, 3.63) is 21.9 Å². The molecule has 0 unspecified atom stereocenters. The van der Waals surface area contributed by atoms with E-state index >= 15 is 0 Å². The zero-order valence-corrected chi connectivity index (χ0v) is 13.0. The maximum atomic E-state index is 12.1. The molecule has 2 rings (SSSR count). The molecule has 4 heteroatoms. The van der Waals surface area contributed by atoms with Gasteiger partial charge in [0.1, 0.15) is 0 Å². The van der Waals surface area contributed by atoms with E-state index < -0.39 is 0 Å². The highest BCUT2D eigenvalue weighted by Crippen LogP contribution is 2.20. The van der Waals surface area contributed by atoms with Crippen molar-refractivity contribution in [2.45, 2.75) is 45.6 Å². The Balaban J connectivity index is 1.88. The summed E-state index contributed by atoms with van der Waals surface area (Å²) < 4.78 is 0. The summed E-state index contributed by atoms with van der Waals surface area (Å²) in [6, 6.07) is 3.90. The van der Waals surface area contributed by atoms with Gasteiger partial charge in [0.15, 0.2) is 0 Å². The van der Waals surface area contributed by atoms with E-state index in [1.165, 1.54) is 24.1 Å². The standard InChI is InChI=1S/C15H24N2OS/c1-12-7-8-13(19-12)14(18)16-11-15(2,3)17-9-5-4-6-10-17/h7-8H,4-6,9-11H2,1-3H3,(H,16,18). The fourth-order valence-corrected chi connectivity index (χ4v) is 3.34. The van der Waals surface area contributed by atoms with E-state index in [9.17, 15) is 4.79 Å². The van der Waals surface area contributed by atoms with Gasteiger partial charge in [0.05, 0.1) is 4.88 Å². The first-order valence-corrected chi connectivity index (χ1v) is 7.90. The minimum Gasteiger partial charge on any atom is -0.350 e. The summed E-state index contributed by atoms with van der Waals surface area (Å²) in [5.74, 6) is 0.0585. The highest BCUT2D eigenvalue weighted by Gasteiger charge is 2.28. The number of thiophene rings is 1. The summed E-state index contributed by atoms with van der Waals surface area (Å²) in [5.41, 5.74) is 0.0440. The zero-order chi connectivity index (χ0) is 13.9. The van der Waals surface area contributed by atoms with Crippen LogP contribution in [0.2, 0.25) is 0 Å². The third kappa shape index (κ3) is 3.80. The monoisotopic (exact) mass is 280 g/mol. The average Bonchev–Trinajstić information content (AvgIpc) is 2.84. The van der Waals surface area contributed by atoms with Crippen molar-refractivity contribution >= 4 is 17.2 Å². The van der Waals surface area contributed by atoms with Crippen molar-refractivity contribution in [3.8, 4) is 0 Å². The first-order chi connectivity index (χ1) is 8.99. The Hall–Kier alpha value is -0.870. The van der Waals surface area contributed by atoms with Gasteiger partial charge in [0.2, 0.25) is 0 Å². The maximum Gasteiger partial charge on any atom is 0.261 e. The fraction of sp³-hybridized carbons (Fsp3) is 0.667. The van der Waals surface area contributed by atoms with Gasteiger partial charge in [-0.3, -0.25) is 9.69 Å². The number of piperidine rings is 1. The molecule has 1 fully saturated rings. The van der Waals surface area contributed by atoms with Gasteiger partial charge >= 0.3 is 0 Å². The second kappa shape index (κ2) is 6.06. The number of rotatable bonds is 4. The van der Waals surface area contributed by atoms with Crippen LogP contribution < -0.4 is 5.32 Å². The van der Waals surface area contributed by atoms with Gasteiger partial charge in [0.25, 0.3) is 5.91 Å². The van der Waals surface area contributed by atoms with Crippen molar-refractivity contribution in [2.75, 3.05) is 19.6 Å². The van der Waals surface area contributed by atoms with Crippen molar-refractivity contribution in [1.29, 1.82) is 0 Å². The van der Waals surface area contributed by atoms with E-state index in [0.717, 1.165) is 18.0 Å². The van der Waals surface area contributed by atoms with Crippen LogP contribution in [0.25, 0.3) is 0 Å². The number of hydrogen-bond acceptors (Lipinski definition) is 3. The second-order valence-electron chi connectivity index (χ2n) is 5.95. The Kier molecular flexibility index (Phi) is 4.63. The molecule has 0 spiro atoms. The van der Waals surface area contributed by atoms with Crippen LogP contribution in [0.3, 0.4) is 0 Å². The first-order valence-electron chi connectivity index (χ1n) is 7.09. The largest absolute Gasteiger partial charge is 0.350 e. The number of nitrogens with zero attached hydrogens (tertiary/aromatic N) is 1. The molecule has 1 saturated heterocycles. The Bertz CT molecular complexity index is 433. The molecule has 19 heavy (non-hydrogen) atoms. The number of hydrogen-bond donors (Lipinski definition) is 1. The van der Waals surface area contributed by atoms with Crippen LogP contribution in [0.4, 0.5) is 0 Å². The van der Waals surface area contributed by atoms with Crippen LogP contribution in [0.15, 0.2) is 12.1 Å². The number of carbonyl (C=O) groups excluding carboxylic acids is 1. The molecule has 0 bridgehead atoms. The smallest absolute Gasteiger partial charge is 0.261 e. The Morgan fingerprint density at radius 2 is 2.00 bits per heavy atom. The Morgan fingerprint density at radius 3 is 2.58 bits per heavy atom. The third-order valence-corrected chi connectivity index (χ3v) is 4.86. The average molecular weight is 280 g/mol. The molecular weight excluding hydrogens is 256 g/mol. The van der Waals surface area contributed by atoms with E-state index in [1.807, 2.05) is 19.1 Å². The Morgan fingerprint density at radius 1 is 1.32 bits per heavy atom. The normalized spacial score (nSPS) is 17.4. The van der Waals surface area contributed by atoms with E-state index in [1.54, 1.807) is 11.3 Å². The molecule has 1 N–H and O–H groups in total. The maximum absolute atomic E-state index is 12.1. The number of nitrogens with one attached hydrogen (secondary N) is 1. The van der Waals surface area contributed by atoms with Crippen molar-refractivity contribution < 1.29 is 4.79 Å². The highest BCUT2D eigenvalue weighted by atomic mass is 32.1. The quantitative estimate of drug-likeness (QED) is 0.919. The van der Waals surface area contributed by atoms with Gasteiger partial charge in [-0.2, -0.15) is 0 Å². The molecule has 0 aromatic carbocycles. The lowest BCUT2D eigenvalue weighted by Gasteiger charge is -2.41. The second-order valence-corrected chi connectivity index (χ2v) is 7.24. The van der Waals surface area contributed by atoms with E-state index in [2.05, 4.69) is 24.1 Å². The minimum absolute atomic E-state index is 0.0440. The third-order valence-electron chi connectivity index (χ3n) is 3.86. The number of likely N-dealkylation sites (tertiary alicyclic amines) is 1. The predicted octanol–water partition coefficient (Wildman–Crippen LogP) is 3.05. The summed E-state index contributed by atoms with van der Waals surface area (Å²) in [6.07, 6.45) is 3.90. The van der Waals surface area contributed by atoms with Gasteiger partial charge < -0.3 is 5.32 Å². The highest BCUT2D eigenvalue weighted by molar-refractivity contribution is 7.13. The molecule has 1 aromatic rings. The van der Waals surface area contributed by atoms with Gasteiger partial charge in [0, 0.05) is 17.0 Å². The van der Waals surface area contributed by atoms with Gasteiger partial charge in [-0.25, -0.2) is 0 Å². The zero-order valence-electron chi connectivity index (χ0n) is 12.2. The minimum atomic E-state index is 0.0440. The lowest BCUT2D eigenvalue weighted by molar-refractivity contribution is 0.0800. The predicted molar refractivity (Wildman–Crippen MR) is 80.9 cm³/mol. The summed E-state index contributed by atoms with van der Waals surface area (Å²) in [7, 11) is 0. The van der Waals surface area contributed by atoms with E-state index in [0.29, 0.717) is 6.54 Å². The van der Waals surface area contributed by atoms with Gasteiger partial charge in [-0.15, -0.1) is 11.3 Å². The molecule has 0 atom stereocenters. The summed E-state index contributed by atoms with van der Waals surface area (Å²) in [4.78, 5) is 16.6. The lowest BCUT2D eigenvalue weighted by Crippen LogP contribution is -2.53. The SMILES string of the molecule is Cc1ccc(C(=O)NCC(C)(C)N2CCCCC2)s1. The number of aryl methyl sites for hydroxylation is 1. The molecule has 1 aromatic heterocycles. The van der Waals surface area contributed by atoms with Crippen LogP contribution in [0.1, 0.15) is 47.7 Å². The molecule has 2 heterocycles. The molecule has 1 aliphatic rings. The van der Waals surface area contributed by atoms with Crippen LogP contribution in [0.5, 0.6) is 0 Å². The van der Waals surface area contributed by atoms with E-state index in [4.69, 9.17) is 0 Å². The van der Waals surface area contributed by atoms with Crippen LogP contribution in [0, 0.1) is 6.92 Å². The lowest BCUT2D eigenvalue weighted by atomic mass is 9.98. The van der Waals surface area contributed by atoms with Gasteiger partial charge in [-0.1, -0.05) is 6.42 Å². The molecule has 3 nitrogen and oxygen atoms in total. The first kappa shape index (κ1) is 14.5. The molecule has 0 saturated carbocycles. The molecule has 106 valence electrons. The molecular formula is C15H24N2OS. The summed E-state index contributed by atoms with van der Waals surface area (Å²) in [5, 5.41) is 3.08. The topological polar surface area (TPSA) is 32.3 Å². The van der Waals surface area contributed by atoms with Crippen LogP contribution >= 0.6 is 11.3 Å². The molecule has 0 aliphatic carbocycles. The fourth-order valence-electron chi connectivity index (χ4n) is 2.55. The van der Waals surface area contributed by atoms with Gasteiger partial charge in [-0.05, 0) is 58.8 Å². The summed E-state index contributed by atoms with van der Waals surface area (Å²) >= 11 is 1.56. The molecule has 0 radical (unpaired) electrons. The summed E-state index contributed by atoms with van der Waals surface area (Å²) in [6.45, 7) is 9.49. The van der Waals surface area contributed by atoms with Crippen molar-refractivity contribution in [2.24, 2.45) is 0 Å². The van der Waals surface area contributed by atoms with Crippen LogP contribution in [-0.2, 0) is 0 Å². The number of carbonyl (C=O) groups is 1. The Labute approximate surface area is 120 Å². The molecule has 1 amide bonds. The van der Waals surface area contributed by atoms with Crippen LogP contribution in [-0.4, -0.2) is 36.0 Å².